The fourth-order valence-electron chi connectivity index (χ4n) is 2.00. The molecule has 0 spiro atoms. The highest BCUT2D eigenvalue weighted by Gasteiger charge is 2.05. The summed E-state index contributed by atoms with van der Waals surface area (Å²) in [4.78, 5) is 4.55. The van der Waals surface area contributed by atoms with Gasteiger partial charge in [-0.15, -0.1) is 0 Å². The van der Waals surface area contributed by atoms with Crippen LogP contribution in [0.25, 0.3) is 10.2 Å². The lowest BCUT2D eigenvalue weighted by Gasteiger charge is -1.99. The topological polar surface area (TPSA) is 52.0 Å². The van der Waals surface area contributed by atoms with Crippen molar-refractivity contribution >= 4 is 26.7 Å². The third-order valence-electron chi connectivity index (χ3n) is 3.02. The molecular weight excluding hydrogens is 272 g/mol. The molecule has 6 heteroatoms. The number of aryl methyl sites for hydroxylation is 1. The normalized spacial score (nSPS) is 10.9. The molecule has 2 aromatic heterocycles. The van der Waals surface area contributed by atoms with Crippen LogP contribution in [-0.2, 0) is 13.5 Å². The van der Waals surface area contributed by atoms with Gasteiger partial charge in [-0.3, -0.25) is 4.68 Å². The van der Waals surface area contributed by atoms with E-state index in [1.165, 1.54) is 0 Å². The number of thiazole rings is 1. The molecular formula is C14H16N4OS. The maximum absolute atomic E-state index is 5.22. The van der Waals surface area contributed by atoms with Crippen LogP contribution in [0.4, 0.5) is 5.13 Å². The molecule has 1 N–H and O–H groups in total. The van der Waals surface area contributed by atoms with Crippen LogP contribution in [0.3, 0.4) is 0 Å². The highest BCUT2D eigenvalue weighted by Crippen LogP contribution is 2.28. The van der Waals surface area contributed by atoms with Crippen molar-refractivity contribution in [2.45, 2.75) is 6.42 Å². The van der Waals surface area contributed by atoms with Crippen LogP contribution in [0.15, 0.2) is 30.5 Å². The Balaban J connectivity index is 1.65. The zero-order valence-electron chi connectivity index (χ0n) is 11.5. The number of nitrogens with one attached hydrogen (secondary N) is 1. The second-order valence-corrected chi connectivity index (χ2v) is 5.54. The SMILES string of the molecule is COc1ccc2nc(NCCc3ccn(C)n3)sc2c1. The van der Waals surface area contributed by atoms with Gasteiger partial charge in [0.1, 0.15) is 5.75 Å². The van der Waals surface area contributed by atoms with Gasteiger partial charge in [0.15, 0.2) is 5.13 Å². The molecule has 104 valence electrons. The van der Waals surface area contributed by atoms with Crippen LogP contribution in [0.5, 0.6) is 5.75 Å². The molecule has 5 nitrogen and oxygen atoms in total. The minimum atomic E-state index is 0.827. The average molecular weight is 288 g/mol. The fourth-order valence-corrected chi connectivity index (χ4v) is 2.92. The van der Waals surface area contributed by atoms with E-state index in [-0.39, 0.29) is 0 Å². The van der Waals surface area contributed by atoms with Gasteiger partial charge in [-0.1, -0.05) is 11.3 Å². The second-order valence-electron chi connectivity index (χ2n) is 4.51. The summed E-state index contributed by atoms with van der Waals surface area (Å²) in [5, 5.41) is 8.63. The summed E-state index contributed by atoms with van der Waals surface area (Å²) in [7, 11) is 3.60. The number of aromatic nitrogens is 3. The summed E-state index contributed by atoms with van der Waals surface area (Å²) < 4.78 is 8.17. The average Bonchev–Trinajstić information content (AvgIpc) is 3.03. The summed E-state index contributed by atoms with van der Waals surface area (Å²) in [6, 6.07) is 7.95. The third kappa shape index (κ3) is 2.75. The van der Waals surface area contributed by atoms with Gasteiger partial charge in [-0.2, -0.15) is 5.10 Å². The molecule has 0 aliphatic carbocycles. The van der Waals surface area contributed by atoms with Gasteiger partial charge in [0.25, 0.3) is 0 Å². The van der Waals surface area contributed by atoms with E-state index in [1.54, 1.807) is 18.4 Å². The highest BCUT2D eigenvalue weighted by atomic mass is 32.1. The van der Waals surface area contributed by atoms with Crippen molar-refractivity contribution in [2.75, 3.05) is 19.0 Å². The van der Waals surface area contributed by atoms with Gasteiger partial charge < -0.3 is 10.1 Å². The smallest absolute Gasteiger partial charge is 0.183 e. The predicted molar refractivity (Wildman–Crippen MR) is 81.6 cm³/mol. The van der Waals surface area contributed by atoms with Crippen LogP contribution in [0, 0.1) is 0 Å². The van der Waals surface area contributed by atoms with E-state index in [2.05, 4.69) is 15.4 Å². The summed E-state index contributed by atoms with van der Waals surface area (Å²) in [6.45, 7) is 0.827. The standard InChI is InChI=1S/C14H16N4OS/c1-18-8-6-10(17-18)5-7-15-14-16-12-4-3-11(19-2)9-13(12)20-14/h3-4,6,8-9H,5,7H2,1-2H3,(H,15,16). The first kappa shape index (κ1) is 12.9. The number of anilines is 1. The van der Waals surface area contributed by atoms with Gasteiger partial charge in [0, 0.05) is 26.2 Å². The number of hydrogen-bond donors (Lipinski definition) is 1. The van der Waals surface area contributed by atoms with Gasteiger partial charge in [-0.25, -0.2) is 4.98 Å². The monoisotopic (exact) mass is 288 g/mol. The number of nitrogens with zero attached hydrogens (tertiary/aromatic N) is 3. The van der Waals surface area contributed by atoms with E-state index in [0.717, 1.165) is 39.8 Å². The quantitative estimate of drug-likeness (QED) is 0.784. The molecule has 3 rings (SSSR count). The number of fused-ring (bicyclic) bond motifs is 1. The van der Waals surface area contributed by atoms with Crippen molar-refractivity contribution in [2.24, 2.45) is 7.05 Å². The Morgan fingerprint density at radius 3 is 3.00 bits per heavy atom. The highest BCUT2D eigenvalue weighted by molar-refractivity contribution is 7.22. The number of ether oxygens (including phenoxy) is 1. The van der Waals surface area contributed by atoms with E-state index in [4.69, 9.17) is 4.74 Å². The molecule has 0 fully saturated rings. The summed E-state index contributed by atoms with van der Waals surface area (Å²) >= 11 is 1.64. The Kier molecular flexibility index (Phi) is 3.56. The molecule has 0 atom stereocenters. The predicted octanol–water partition coefficient (Wildman–Crippen LogP) is 2.69. The Morgan fingerprint density at radius 1 is 1.35 bits per heavy atom. The van der Waals surface area contributed by atoms with Gasteiger partial charge in [-0.05, 0) is 24.3 Å². The van der Waals surface area contributed by atoms with Crippen molar-refractivity contribution in [3.05, 3.63) is 36.2 Å². The molecule has 0 saturated heterocycles. The lowest BCUT2D eigenvalue weighted by molar-refractivity contribution is 0.415. The van der Waals surface area contributed by atoms with E-state index < -0.39 is 0 Å². The van der Waals surface area contributed by atoms with E-state index >= 15 is 0 Å². The largest absolute Gasteiger partial charge is 0.497 e. The minimum absolute atomic E-state index is 0.827. The number of hydrogen-bond acceptors (Lipinski definition) is 5. The molecule has 20 heavy (non-hydrogen) atoms. The Labute approximate surface area is 121 Å². The summed E-state index contributed by atoms with van der Waals surface area (Å²) in [5.74, 6) is 0.862. The Morgan fingerprint density at radius 2 is 2.25 bits per heavy atom. The Hall–Kier alpha value is -2.08. The first-order valence-corrected chi connectivity index (χ1v) is 7.23. The maximum Gasteiger partial charge on any atom is 0.183 e. The molecule has 0 radical (unpaired) electrons. The number of methoxy groups -OCH3 is 1. The molecule has 2 heterocycles. The summed E-state index contributed by atoms with van der Waals surface area (Å²) in [6.07, 6.45) is 2.85. The van der Waals surface area contributed by atoms with Crippen LogP contribution in [-0.4, -0.2) is 28.4 Å². The first-order chi connectivity index (χ1) is 9.74. The maximum atomic E-state index is 5.22. The van der Waals surface area contributed by atoms with E-state index in [0.29, 0.717) is 0 Å². The summed E-state index contributed by atoms with van der Waals surface area (Å²) in [5.41, 5.74) is 2.08. The van der Waals surface area contributed by atoms with Crippen molar-refractivity contribution in [1.29, 1.82) is 0 Å². The number of rotatable bonds is 5. The van der Waals surface area contributed by atoms with Crippen molar-refractivity contribution in [3.8, 4) is 5.75 Å². The van der Waals surface area contributed by atoms with Crippen LogP contribution in [0.1, 0.15) is 5.69 Å². The minimum Gasteiger partial charge on any atom is -0.497 e. The zero-order chi connectivity index (χ0) is 13.9. The van der Waals surface area contributed by atoms with E-state index in [9.17, 15) is 0 Å². The molecule has 0 bridgehead atoms. The van der Waals surface area contributed by atoms with Gasteiger partial charge in [0.2, 0.25) is 0 Å². The fraction of sp³-hybridized carbons (Fsp3) is 0.286. The van der Waals surface area contributed by atoms with Gasteiger partial charge in [0.05, 0.1) is 23.0 Å². The molecule has 0 unspecified atom stereocenters. The van der Waals surface area contributed by atoms with Crippen molar-refractivity contribution < 1.29 is 4.74 Å². The number of benzene rings is 1. The molecule has 0 saturated carbocycles. The third-order valence-corrected chi connectivity index (χ3v) is 4.00. The Bertz CT molecular complexity index is 719. The zero-order valence-corrected chi connectivity index (χ0v) is 12.3. The van der Waals surface area contributed by atoms with Crippen molar-refractivity contribution in [3.63, 3.8) is 0 Å². The first-order valence-electron chi connectivity index (χ1n) is 6.41. The molecule has 0 aliphatic rings. The van der Waals surface area contributed by atoms with Crippen LogP contribution < -0.4 is 10.1 Å². The molecule has 1 aromatic carbocycles. The van der Waals surface area contributed by atoms with Crippen LogP contribution in [0.2, 0.25) is 0 Å². The lowest BCUT2D eigenvalue weighted by atomic mass is 10.3. The van der Waals surface area contributed by atoms with E-state index in [1.807, 2.05) is 42.2 Å². The second kappa shape index (κ2) is 5.50. The molecule has 0 aliphatic heterocycles. The molecule has 0 amide bonds. The van der Waals surface area contributed by atoms with Crippen molar-refractivity contribution in [1.82, 2.24) is 14.8 Å². The molecule has 3 aromatic rings. The van der Waals surface area contributed by atoms with Crippen LogP contribution >= 0.6 is 11.3 Å². The lowest BCUT2D eigenvalue weighted by Crippen LogP contribution is -2.05. The van der Waals surface area contributed by atoms with Gasteiger partial charge >= 0.3 is 0 Å².